The molecule has 0 aliphatic carbocycles. The van der Waals surface area contributed by atoms with Gasteiger partial charge in [0.25, 0.3) is 0 Å². The van der Waals surface area contributed by atoms with Gasteiger partial charge in [0.2, 0.25) is 0 Å². The fourth-order valence-electron chi connectivity index (χ4n) is 1.42. The largest absolute Gasteiger partial charge is 0.475 e. The maximum Gasteiger partial charge on any atom is 0.188 e. The van der Waals surface area contributed by atoms with Crippen LogP contribution in [0.4, 0.5) is 0 Å². The Bertz CT molecular complexity index is 395. The summed E-state index contributed by atoms with van der Waals surface area (Å²) in [7, 11) is 1.63. The van der Waals surface area contributed by atoms with Gasteiger partial charge in [-0.1, -0.05) is 24.3 Å². The molecule has 0 heterocycles. The minimum atomic E-state index is 0.0821. The van der Waals surface area contributed by atoms with Crippen LogP contribution >= 0.6 is 0 Å². The van der Waals surface area contributed by atoms with E-state index in [1.54, 1.807) is 20.3 Å². The molecule has 0 spiro atoms. The predicted molar refractivity (Wildman–Crippen MR) is 73.1 cm³/mol. The highest BCUT2D eigenvalue weighted by molar-refractivity contribution is 5.93. The summed E-state index contributed by atoms with van der Waals surface area (Å²) in [4.78, 5) is 11.1. The van der Waals surface area contributed by atoms with Crippen LogP contribution in [0.15, 0.2) is 36.6 Å². The van der Waals surface area contributed by atoms with Crippen molar-refractivity contribution in [3.05, 3.63) is 47.7 Å². The summed E-state index contributed by atoms with van der Waals surface area (Å²) in [5.41, 5.74) is 1.86. The molecule has 0 aliphatic rings. The van der Waals surface area contributed by atoms with Crippen molar-refractivity contribution in [2.75, 3.05) is 27.1 Å². The van der Waals surface area contributed by atoms with Gasteiger partial charge in [-0.25, -0.2) is 0 Å². The highest BCUT2D eigenvalue weighted by atomic mass is 16.7. The van der Waals surface area contributed by atoms with Gasteiger partial charge in [0.15, 0.2) is 12.6 Å². The Morgan fingerprint density at radius 1 is 1.21 bits per heavy atom. The lowest BCUT2D eigenvalue weighted by molar-refractivity contribution is -0.0299. The maximum absolute atomic E-state index is 11.1. The summed E-state index contributed by atoms with van der Waals surface area (Å²) in [6.07, 6.45) is 4.28. The molecule has 19 heavy (non-hydrogen) atoms. The Balaban J connectivity index is 2.19. The van der Waals surface area contributed by atoms with Crippen LogP contribution in [0.5, 0.6) is 0 Å². The average Bonchev–Trinajstić information content (AvgIpc) is 2.42. The number of benzene rings is 1. The summed E-state index contributed by atoms with van der Waals surface area (Å²) >= 11 is 0. The van der Waals surface area contributed by atoms with Crippen LogP contribution in [0.1, 0.15) is 22.8 Å². The second kappa shape index (κ2) is 9.30. The molecule has 0 amide bonds. The number of Topliss-reactive ketones (excluding diaryl/α,β-unsaturated/α-hetero) is 1. The zero-order valence-corrected chi connectivity index (χ0v) is 11.4. The molecule has 0 atom stereocenters. The van der Waals surface area contributed by atoms with Crippen LogP contribution in [0.2, 0.25) is 0 Å². The number of hydrogen-bond acceptors (Lipinski definition) is 4. The van der Waals surface area contributed by atoms with Crippen molar-refractivity contribution in [3.8, 4) is 0 Å². The zero-order valence-electron chi connectivity index (χ0n) is 11.4. The molecular formula is C15H20O4. The van der Waals surface area contributed by atoms with Crippen LogP contribution < -0.4 is 0 Å². The molecule has 0 unspecified atom stereocenters. The molecule has 0 saturated heterocycles. The van der Waals surface area contributed by atoms with Crippen molar-refractivity contribution < 1.29 is 19.0 Å². The van der Waals surface area contributed by atoms with Gasteiger partial charge in [-0.3, -0.25) is 4.79 Å². The van der Waals surface area contributed by atoms with E-state index in [9.17, 15) is 4.79 Å². The van der Waals surface area contributed by atoms with E-state index in [2.05, 4.69) is 0 Å². The third-order valence-corrected chi connectivity index (χ3v) is 2.49. The minimum Gasteiger partial charge on any atom is -0.475 e. The van der Waals surface area contributed by atoms with Crippen molar-refractivity contribution in [2.45, 2.75) is 13.3 Å². The lowest BCUT2D eigenvalue weighted by atomic mass is 10.1. The monoisotopic (exact) mass is 264 g/mol. The smallest absolute Gasteiger partial charge is 0.188 e. The number of ether oxygens (including phenoxy) is 3. The van der Waals surface area contributed by atoms with Gasteiger partial charge >= 0.3 is 0 Å². The molecule has 0 fully saturated rings. The molecule has 0 radical (unpaired) electrons. The third kappa shape index (κ3) is 6.74. The molecule has 4 heteroatoms. The normalized spacial score (nSPS) is 10.8. The first-order chi connectivity index (χ1) is 9.24. The fraction of sp³-hybridized carbons (Fsp3) is 0.400. The van der Waals surface area contributed by atoms with Gasteiger partial charge in [-0.15, -0.1) is 0 Å². The fourth-order valence-corrected chi connectivity index (χ4v) is 1.42. The minimum absolute atomic E-state index is 0.0821. The Morgan fingerprint density at radius 2 is 1.95 bits per heavy atom. The van der Waals surface area contributed by atoms with Crippen molar-refractivity contribution >= 4 is 5.78 Å². The number of allylic oxidation sites excluding steroid dienone is 1. The third-order valence-electron chi connectivity index (χ3n) is 2.49. The molecule has 0 saturated carbocycles. The quantitative estimate of drug-likeness (QED) is 0.297. The molecule has 4 nitrogen and oxygen atoms in total. The van der Waals surface area contributed by atoms with E-state index in [-0.39, 0.29) is 12.6 Å². The van der Waals surface area contributed by atoms with Gasteiger partial charge in [0.1, 0.15) is 0 Å². The second-order valence-corrected chi connectivity index (χ2v) is 4.01. The number of carbonyl (C=O) groups is 1. The van der Waals surface area contributed by atoms with E-state index in [1.165, 1.54) is 0 Å². The van der Waals surface area contributed by atoms with E-state index < -0.39 is 0 Å². The lowest BCUT2D eigenvalue weighted by Gasteiger charge is -2.02. The second-order valence-electron chi connectivity index (χ2n) is 4.01. The van der Waals surface area contributed by atoms with E-state index in [4.69, 9.17) is 14.2 Å². The van der Waals surface area contributed by atoms with Crippen LogP contribution in [-0.4, -0.2) is 32.9 Å². The highest BCUT2D eigenvalue weighted by Gasteiger charge is 1.97. The number of hydrogen-bond donors (Lipinski definition) is 0. The van der Waals surface area contributed by atoms with Gasteiger partial charge < -0.3 is 14.2 Å². The van der Waals surface area contributed by atoms with E-state index in [0.717, 1.165) is 17.5 Å². The summed E-state index contributed by atoms with van der Waals surface area (Å²) in [5, 5.41) is 0. The number of rotatable bonds is 9. The Labute approximate surface area is 114 Å². The Morgan fingerprint density at radius 3 is 2.58 bits per heavy atom. The molecule has 0 aromatic heterocycles. The van der Waals surface area contributed by atoms with Crippen molar-refractivity contribution in [3.63, 3.8) is 0 Å². The van der Waals surface area contributed by atoms with E-state index in [0.29, 0.717) is 13.2 Å². The summed E-state index contributed by atoms with van der Waals surface area (Å²) in [6, 6.07) is 7.55. The van der Waals surface area contributed by atoms with E-state index in [1.807, 2.05) is 30.3 Å². The van der Waals surface area contributed by atoms with Crippen LogP contribution in [-0.2, 0) is 20.6 Å². The molecule has 1 rings (SSSR count). The van der Waals surface area contributed by atoms with Gasteiger partial charge in [-0.05, 0) is 25.0 Å². The van der Waals surface area contributed by atoms with Crippen molar-refractivity contribution in [1.82, 2.24) is 0 Å². The molecule has 1 aromatic carbocycles. The SMILES string of the molecule is COCCOCO/C=C\Cc1ccc(C(C)=O)cc1. The molecule has 104 valence electrons. The number of methoxy groups -OCH3 is 1. The Hall–Kier alpha value is -1.65. The number of ketones is 1. The predicted octanol–water partition coefficient (Wildman–Crippen LogP) is 2.58. The number of carbonyl (C=O) groups excluding carboxylic acids is 1. The topological polar surface area (TPSA) is 44.8 Å². The van der Waals surface area contributed by atoms with Crippen molar-refractivity contribution in [2.24, 2.45) is 0 Å². The molecule has 0 aliphatic heterocycles. The lowest BCUT2D eigenvalue weighted by Crippen LogP contribution is -2.03. The van der Waals surface area contributed by atoms with Gasteiger partial charge in [0, 0.05) is 12.7 Å². The van der Waals surface area contributed by atoms with Crippen molar-refractivity contribution in [1.29, 1.82) is 0 Å². The molecule has 1 aromatic rings. The maximum atomic E-state index is 11.1. The first kappa shape index (κ1) is 15.4. The van der Waals surface area contributed by atoms with Gasteiger partial charge in [0.05, 0.1) is 19.5 Å². The first-order valence-electron chi connectivity index (χ1n) is 6.17. The summed E-state index contributed by atoms with van der Waals surface area (Å²) in [6.45, 7) is 2.88. The van der Waals surface area contributed by atoms with Gasteiger partial charge in [-0.2, -0.15) is 0 Å². The highest BCUT2D eigenvalue weighted by Crippen LogP contribution is 2.06. The summed E-state index contributed by atoms with van der Waals surface area (Å²) in [5.74, 6) is 0.0821. The zero-order chi connectivity index (χ0) is 13.9. The van der Waals surface area contributed by atoms with Crippen LogP contribution in [0, 0.1) is 0 Å². The average molecular weight is 264 g/mol. The standard InChI is InChI=1S/C15H20O4/c1-13(16)15-7-5-14(6-8-15)4-3-9-18-12-19-11-10-17-2/h3,5-9H,4,10-12H2,1-2H3/b9-3-. The first-order valence-corrected chi connectivity index (χ1v) is 6.17. The van der Waals surface area contributed by atoms with Crippen LogP contribution in [0.25, 0.3) is 0 Å². The Kier molecular flexibility index (Phi) is 7.54. The molecule has 0 bridgehead atoms. The molecule has 0 N–H and O–H groups in total. The molecular weight excluding hydrogens is 244 g/mol. The van der Waals surface area contributed by atoms with Crippen LogP contribution in [0.3, 0.4) is 0 Å². The summed E-state index contributed by atoms with van der Waals surface area (Å²) < 4.78 is 15.1. The van der Waals surface area contributed by atoms with E-state index >= 15 is 0 Å².